The second kappa shape index (κ2) is 24.5. The molecule has 0 saturated carbocycles. The number of unbranched alkanes of at least 4 members (excludes halogenated alkanes) is 18. The third-order valence-electron chi connectivity index (χ3n) is 11.8. The minimum absolute atomic E-state index is 0.0302. The molecule has 2 aromatic carbocycles. The standard InChI is InChI=1S/C46H76O6/c1-5-45(39(3)51-45)37-47-33-23-19-15-11-7-9-13-17-21-25-35-49-43-31-27-30-42-41(43)29-28-32-44(42)50-36-26-22-18-14-10-8-12-16-20-24-34-48-38-46(6-2)40(4)52-46/h27-32,39-40H,5-26,33-38H2,1-4H3. The molecule has 2 heterocycles. The van der Waals surface area contributed by atoms with Crippen LogP contribution in [0.5, 0.6) is 11.5 Å². The maximum absolute atomic E-state index is 6.27. The molecule has 2 saturated heterocycles. The summed E-state index contributed by atoms with van der Waals surface area (Å²) >= 11 is 0. The summed E-state index contributed by atoms with van der Waals surface area (Å²) in [4.78, 5) is 0. The summed E-state index contributed by atoms with van der Waals surface area (Å²) in [7, 11) is 0. The Balaban J connectivity index is 0.924. The first-order chi connectivity index (χ1) is 25.5. The minimum atomic E-state index is 0.0302. The van der Waals surface area contributed by atoms with E-state index in [9.17, 15) is 0 Å². The van der Waals surface area contributed by atoms with Crippen LogP contribution < -0.4 is 9.47 Å². The number of benzene rings is 2. The molecule has 2 aliphatic rings. The minimum Gasteiger partial charge on any atom is -0.493 e. The van der Waals surface area contributed by atoms with E-state index in [-0.39, 0.29) is 11.2 Å². The predicted molar refractivity (Wildman–Crippen MR) is 216 cm³/mol. The first kappa shape index (κ1) is 42.9. The van der Waals surface area contributed by atoms with Gasteiger partial charge in [-0.1, -0.05) is 141 Å². The summed E-state index contributed by atoms with van der Waals surface area (Å²) in [6.07, 6.45) is 28.5. The van der Waals surface area contributed by atoms with Crippen LogP contribution in [0.2, 0.25) is 0 Å². The van der Waals surface area contributed by atoms with E-state index in [2.05, 4.69) is 64.1 Å². The second-order valence-electron chi connectivity index (χ2n) is 15.8. The highest BCUT2D eigenvalue weighted by Gasteiger charge is 2.52. The van der Waals surface area contributed by atoms with Crippen LogP contribution in [-0.2, 0) is 18.9 Å². The molecule has 4 atom stereocenters. The first-order valence-electron chi connectivity index (χ1n) is 21.8. The lowest BCUT2D eigenvalue weighted by atomic mass is 10.0. The van der Waals surface area contributed by atoms with Crippen LogP contribution in [0.3, 0.4) is 0 Å². The number of epoxide rings is 2. The lowest BCUT2D eigenvalue weighted by Gasteiger charge is -2.13. The third kappa shape index (κ3) is 15.1. The van der Waals surface area contributed by atoms with Gasteiger partial charge in [0.25, 0.3) is 0 Å². The summed E-state index contributed by atoms with van der Waals surface area (Å²) in [6.45, 7) is 13.5. The van der Waals surface area contributed by atoms with E-state index in [0.717, 1.165) is 87.6 Å². The molecule has 4 unspecified atom stereocenters. The molecule has 2 aliphatic heterocycles. The summed E-state index contributed by atoms with van der Waals surface area (Å²) in [6, 6.07) is 12.7. The summed E-state index contributed by atoms with van der Waals surface area (Å²) in [5.41, 5.74) is 0.0604. The molecule has 2 aromatic rings. The zero-order valence-corrected chi connectivity index (χ0v) is 33.9. The molecule has 6 heteroatoms. The zero-order valence-electron chi connectivity index (χ0n) is 33.9. The van der Waals surface area contributed by atoms with E-state index in [1.165, 1.54) is 116 Å². The van der Waals surface area contributed by atoms with Crippen molar-refractivity contribution in [3.05, 3.63) is 36.4 Å². The average molecular weight is 725 g/mol. The Labute approximate surface area is 318 Å². The number of hydrogen-bond donors (Lipinski definition) is 0. The fourth-order valence-corrected chi connectivity index (χ4v) is 7.68. The van der Waals surface area contributed by atoms with Crippen LogP contribution in [0.1, 0.15) is 169 Å². The van der Waals surface area contributed by atoms with Crippen LogP contribution in [0.15, 0.2) is 36.4 Å². The lowest BCUT2D eigenvalue weighted by molar-refractivity contribution is 0.0742. The molecule has 0 amide bonds. The van der Waals surface area contributed by atoms with Crippen LogP contribution >= 0.6 is 0 Å². The van der Waals surface area contributed by atoms with E-state index in [1.54, 1.807) is 0 Å². The van der Waals surface area contributed by atoms with Crippen molar-refractivity contribution in [2.24, 2.45) is 0 Å². The molecule has 0 radical (unpaired) electrons. The maximum Gasteiger partial charge on any atom is 0.127 e. The Kier molecular flexibility index (Phi) is 20.2. The number of rotatable bonds is 34. The van der Waals surface area contributed by atoms with Gasteiger partial charge in [0.05, 0.1) is 38.6 Å². The van der Waals surface area contributed by atoms with Crippen molar-refractivity contribution in [1.29, 1.82) is 0 Å². The summed E-state index contributed by atoms with van der Waals surface area (Å²) < 4.78 is 35.7. The van der Waals surface area contributed by atoms with Crippen LogP contribution in [0, 0.1) is 0 Å². The molecule has 2 fully saturated rings. The lowest BCUT2D eigenvalue weighted by Crippen LogP contribution is -2.21. The molecule has 0 spiro atoms. The van der Waals surface area contributed by atoms with E-state index in [4.69, 9.17) is 28.4 Å². The van der Waals surface area contributed by atoms with Gasteiger partial charge in [0.1, 0.15) is 22.7 Å². The van der Waals surface area contributed by atoms with Crippen LogP contribution in [0.25, 0.3) is 10.8 Å². The Morgan fingerprint density at radius 1 is 0.442 bits per heavy atom. The van der Waals surface area contributed by atoms with Gasteiger partial charge in [0, 0.05) is 24.0 Å². The van der Waals surface area contributed by atoms with Crippen LogP contribution in [0.4, 0.5) is 0 Å². The van der Waals surface area contributed by atoms with Crippen molar-refractivity contribution < 1.29 is 28.4 Å². The molecule has 0 bridgehead atoms. The first-order valence-corrected chi connectivity index (χ1v) is 21.8. The van der Waals surface area contributed by atoms with E-state index < -0.39 is 0 Å². The highest BCUT2D eigenvalue weighted by Crippen LogP contribution is 2.40. The van der Waals surface area contributed by atoms with Gasteiger partial charge in [0.15, 0.2) is 0 Å². The number of fused-ring (bicyclic) bond motifs is 1. The largest absolute Gasteiger partial charge is 0.493 e. The van der Waals surface area contributed by atoms with Crippen molar-refractivity contribution in [2.75, 3.05) is 39.6 Å². The van der Waals surface area contributed by atoms with E-state index >= 15 is 0 Å². The van der Waals surface area contributed by atoms with Gasteiger partial charge in [-0.3, -0.25) is 0 Å². The second-order valence-corrected chi connectivity index (χ2v) is 15.8. The molecule has 52 heavy (non-hydrogen) atoms. The quantitative estimate of drug-likeness (QED) is 0.0529. The van der Waals surface area contributed by atoms with Crippen molar-refractivity contribution in [3.63, 3.8) is 0 Å². The van der Waals surface area contributed by atoms with Gasteiger partial charge < -0.3 is 28.4 Å². The molecule has 0 N–H and O–H groups in total. The normalized spacial score (nSPS) is 22.2. The highest BCUT2D eigenvalue weighted by molar-refractivity contribution is 5.93. The molecular weight excluding hydrogens is 649 g/mol. The van der Waals surface area contributed by atoms with Crippen molar-refractivity contribution in [1.82, 2.24) is 0 Å². The van der Waals surface area contributed by atoms with Gasteiger partial charge >= 0.3 is 0 Å². The van der Waals surface area contributed by atoms with Gasteiger partial charge in [0.2, 0.25) is 0 Å². The molecule has 4 rings (SSSR count). The molecule has 0 aliphatic carbocycles. The van der Waals surface area contributed by atoms with Gasteiger partial charge in [-0.25, -0.2) is 0 Å². The van der Waals surface area contributed by atoms with E-state index in [0.29, 0.717) is 12.2 Å². The topological polar surface area (TPSA) is 62.0 Å². The van der Waals surface area contributed by atoms with E-state index in [1.807, 2.05) is 0 Å². The molecular formula is C46H76O6. The Hall–Kier alpha value is -1.86. The SMILES string of the molecule is CCC1(COCCCCCCCCCCCCOc2cccc3c(OCCCCCCCCCCCCOCC4(CC)OC4C)cccc23)OC1C. The average Bonchev–Trinajstić information content (AvgIpc) is 4.03. The zero-order chi connectivity index (χ0) is 36.7. The predicted octanol–water partition coefficient (Wildman–Crippen LogP) is 12.6. The smallest absolute Gasteiger partial charge is 0.127 e. The van der Waals surface area contributed by atoms with Crippen molar-refractivity contribution in [2.45, 2.75) is 192 Å². The summed E-state index contributed by atoms with van der Waals surface area (Å²) in [5, 5.41) is 2.31. The summed E-state index contributed by atoms with van der Waals surface area (Å²) in [5.74, 6) is 1.95. The fraction of sp³-hybridized carbons (Fsp3) is 0.783. The highest BCUT2D eigenvalue weighted by atomic mass is 16.6. The van der Waals surface area contributed by atoms with Gasteiger partial charge in [-0.15, -0.1) is 0 Å². The third-order valence-corrected chi connectivity index (χ3v) is 11.8. The van der Waals surface area contributed by atoms with Gasteiger partial charge in [-0.2, -0.15) is 0 Å². The maximum atomic E-state index is 6.27. The Bertz CT molecular complexity index is 1120. The monoisotopic (exact) mass is 725 g/mol. The Morgan fingerprint density at radius 3 is 1.02 bits per heavy atom. The number of hydrogen-bond acceptors (Lipinski definition) is 6. The van der Waals surface area contributed by atoms with Gasteiger partial charge in [-0.05, 0) is 64.5 Å². The van der Waals surface area contributed by atoms with Crippen molar-refractivity contribution in [3.8, 4) is 11.5 Å². The van der Waals surface area contributed by atoms with Crippen LogP contribution in [-0.4, -0.2) is 63.1 Å². The van der Waals surface area contributed by atoms with Crippen molar-refractivity contribution >= 4 is 10.8 Å². The molecule has 0 aromatic heterocycles. The molecule has 296 valence electrons. The Morgan fingerprint density at radius 2 is 0.731 bits per heavy atom. The number of ether oxygens (including phenoxy) is 6. The molecule has 6 nitrogen and oxygen atoms in total. The fourth-order valence-electron chi connectivity index (χ4n) is 7.68.